The maximum Gasteiger partial charge on any atom is 0.190 e. The first-order valence-electron chi connectivity index (χ1n) is 6.28. The Morgan fingerprint density at radius 3 is 2.22 bits per heavy atom. The zero-order valence-corrected chi connectivity index (χ0v) is 11.1. The van der Waals surface area contributed by atoms with Crippen LogP contribution < -0.4 is 0 Å². The van der Waals surface area contributed by atoms with Gasteiger partial charge in [-0.05, 0) is 27.7 Å². The summed E-state index contributed by atoms with van der Waals surface area (Å²) in [4.78, 5) is 0. The molecule has 0 aromatic carbocycles. The molecule has 3 fully saturated rings. The van der Waals surface area contributed by atoms with E-state index in [1.165, 1.54) is 0 Å². The van der Waals surface area contributed by atoms with Crippen molar-refractivity contribution < 1.29 is 28.8 Å². The van der Waals surface area contributed by atoms with Crippen LogP contribution in [-0.4, -0.2) is 54.0 Å². The number of fused-ring (bicyclic) bond motifs is 1. The normalized spacial score (nSPS) is 49.5. The lowest BCUT2D eigenvalue weighted by atomic mass is 10.1. The number of hydrogen-bond donors (Lipinski definition) is 1. The fourth-order valence-corrected chi connectivity index (χ4v) is 2.70. The van der Waals surface area contributed by atoms with Crippen LogP contribution in [0.2, 0.25) is 0 Å². The summed E-state index contributed by atoms with van der Waals surface area (Å²) in [5.41, 5.74) is 0. The molecule has 2 unspecified atom stereocenters. The Bertz CT molecular complexity index is 341. The van der Waals surface area contributed by atoms with E-state index < -0.39 is 36.2 Å². The molecule has 3 aliphatic rings. The van der Waals surface area contributed by atoms with Crippen molar-refractivity contribution in [3.8, 4) is 0 Å². The van der Waals surface area contributed by atoms with E-state index in [2.05, 4.69) is 0 Å². The maximum absolute atomic E-state index is 10.3. The van der Waals surface area contributed by atoms with Crippen LogP contribution in [0.15, 0.2) is 0 Å². The van der Waals surface area contributed by atoms with Crippen LogP contribution in [0.1, 0.15) is 27.7 Å². The van der Waals surface area contributed by atoms with Crippen molar-refractivity contribution in [2.45, 2.75) is 70.0 Å². The molecule has 104 valence electrons. The van der Waals surface area contributed by atoms with E-state index >= 15 is 0 Å². The van der Waals surface area contributed by atoms with Crippen molar-refractivity contribution >= 4 is 0 Å². The molecule has 0 spiro atoms. The molecular weight excluding hydrogens is 240 g/mol. The van der Waals surface area contributed by atoms with E-state index in [0.29, 0.717) is 6.61 Å². The molecule has 6 nitrogen and oxygen atoms in total. The van der Waals surface area contributed by atoms with Gasteiger partial charge in [0.15, 0.2) is 17.9 Å². The summed E-state index contributed by atoms with van der Waals surface area (Å²) < 4.78 is 28.1. The summed E-state index contributed by atoms with van der Waals surface area (Å²) in [5, 5.41) is 10.3. The standard InChI is InChI=1S/C12H20O6/c1-11(2)14-5-6(16-11)8-7(13)9-10(15-8)18-12(3,4)17-9/h6-10,13H,5H2,1-4H3/t6-,7?,8-,9-,10?/m1/s1. The Morgan fingerprint density at radius 2 is 1.67 bits per heavy atom. The van der Waals surface area contributed by atoms with E-state index in [1.54, 1.807) is 13.8 Å². The molecule has 0 saturated carbocycles. The lowest BCUT2D eigenvalue weighted by Gasteiger charge is -2.26. The third kappa shape index (κ3) is 2.07. The molecule has 5 atom stereocenters. The van der Waals surface area contributed by atoms with Gasteiger partial charge in [-0.1, -0.05) is 0 Å². The highest BCUT2D eigenvalue weighted by atomic mass is 16.8. The zero-order chi connectivity index (χ0) is 13.1. The summed E-state index contributed by atoms with van der Waals surface area (Å²) >= 11 is 0. The van der Waals surface area contributed by atoms with Crippen molar-refractivity contribution in [1.82, 2.24) is 0 Å². The van der Waals surface area contributed by atoms with Gasteiger partial charge >= 0.3 is 0 Å². The molecule has 0 aliphatic carbocycles. The van der Waals surface area contributed by atoms with Gasteiger partial charge in [0, 0.05) is 0 Å². The lowest BCUT2D eigenvalue weighted by molar-refractivity contribution is -0.232. The topological polar surface area (TPSA) is 66.4 Å². The third-order valence-electron chi connectivity index (χ3n) is 3.45. The molecule has 0 aromatic rings. The number of aliphatic hydroxyl groups excluding tert-OH is 1. The SMILES string of the molecule is CC1(C)OC2O[C@H]([C@H]3COC(C)(C)O3)C(O)[C@H]2O1. The van der Waals surface area contributed by atoms with Crippen LogP contribution in [0.3, 0.4) is 0 Å². The van der Waals surface area contributed by atoms with Crippen molar-refractivity contribution in [1.29, 1.82) is 0 Å². The number of rotatable bonds is 1. The Morgan fingerprint density at radius 1 is 0.944 bits per heavy atom. The first-order chi connectivity index (χ1) is 8.27. The number of hydrogen-bond acceptors (Lipinski definition) is 6. The van der Waals surface area contributed by atoms with Gasteiger partial charge in [0.2, 0.25) is 0 Å². The molecule has 18 heavy (non-hydrogen) atoms. The zero-order valence-electron chi connectivity index (χ0n) is 11.1. The summed E-state index contributed by atoms with van der Waals surface area (Å²) in [5.74, 6) is -1.35. The summed E-state index contributed by atoms with van der Waals surface area (Å²) in [6, 6.07) is 0. The van der Waals surface area contributed by atoms with Crippen LogP contribution >= 0.6 is 0 Å². The first kappa shape index (κ1) is 12.8. The predicted molar refractivity (Wildman–Crippen MR) is 59.6 cm³/mol. The van der Waals surface area contributed by atoms with E-state index in [9.17, 15) is 5.11 Å². The smallest absolute Gasteiger partial charge is 0.190 e. The van der Waals surface area contributed by atoms with E-state index in [0.717, 1.165) is 0 Å². The van der Waals surface area contributed by atoms with Gasteiger partial charge in [0.1, 0.15) is 24.4 Å². The Labute approximate surface area is 106 Å². The largest absolute Gasteiger partial charge is 0.387 e. The minimum Gasteiger partial charge on any atom is -0.387 e. The van der Waals surface area contributed by atoms with Crippen LogP contribution in [0.25, 0.3) is 0 Å². The van der Waals surface area contributed by atoms with Gasteiger partial charge in [0.05, 0.1) is 6.61 Å². The number of aliphatic hydroxyl groups is 1. The average Bonchev–Trinajstić information content (AvgIpc) is 2.81. The fraction of sp³-hybridized carbons (Fsp3) is 1.00. The molecule has 6 heteroatoms. The minimum atomic E-state index is -0.765. The highest BCUT2D eigenvalue weighted by molar-refractivity contribution is 4.97. The van der Waals surface area contributed by atoms with Crippen LogP contribution in [0.5, 0.6) is 0 Å². The minimum absolute atomic E-state index is 0.295. The second-order valence-corrected chi connectivity index (χ2v) is 5.93. The monoisotopic (exact) mass is 260 g/mol. The van der Waals surface area contributed by atoms with Gasteiger partial charge in [-0.15, -0.1) is 0 Å². The highest BCUT2D eigenvalue weighted by Crippen LogP contribution is 2.40. The predicted octanol–water partition coefficient (Wildman–Crippen LogP) is 0.375. The van der Waals surface area contributed by atoms with E-state index in [4.69, 9.17) is 23.7 Å². The molecule has 3 saturated heterocycles. The molecule has 3 rings (SSSR count). The van der Waals surface area contributed by atoms with Gasteiger partial charge in [0.25, 0.3) is 0 Å². The fourth-order valence-electron chi connectivity index (χ4n) is 2.70. The summed E-state index contributed by atoms with van der Waals surface area (Å²) in [7, 11) is 0. The molecule has 0 amide bonds. The summed E-state index contributed by atoms with van der Waals surface area (Å²) in [6.07, 6.45) is -2.53. The lowest BCUT2D eigenvalue weighted by Crippen LogP contribution is -2.42. The average molecular weight is 260 g/mol. The van der Waals surface area contributed by atoms with E-state index in [-0.39, 0.29) is 6.10 Å². The second-order valence-electron chi connectivity index (χ2n) is 5.93. The second kappa shape index (κ2) is 3.88. The van der Waals surface area contributed by atoms with Gasteiger partial charge < -0.3 is 28.8 Å². The van der Waals surface area contributed by atoms with Crippen LogP contribution in [0, 0.1) is 0 Å². The molecule has 3 heterocycles. The maximum atomic E-state index is 10.3. The molecule has 1 N–H and O–H groups in total. The summed E-state index contributed by atoms with van der Waals surface area (Å²) in [6.45, 7) is 7.68. The Kier molecular flexibility index (Phi) is 2.75. The molecule has 0 aromatic heterocycles. The highest BCUT2D eigenvalue weighted by Gasteiger charge is 2.57. The quantitative estimate of drug-likeness (QED) is 0.735. The van der Waals surface area contributed by atoms with Crippen molar-refractivity contribution in [3.63, 3.8) is 0 Å². The van der Waals surface area contributed by atoms with Gasteiger partial charge in [-0.3, -0.25) is 0 Å². The molecule has 0 bridgehead atoms. The van der Waals surface area contributed by atoms with Gasteiger partial charge in [-0.25, -0.2) is 0 Å². The molecule has 0 radical (unpaired) electrons. The third-order valence-corrected chi connectivity index (χ3v) is 3.45. The van der Waals surface area contributed by atoms with Crippen molar-refractivity contribution in [2.24, 2.45) is 0 Å². The van der Waals surface area contributed by atoms with Crippen LogP contribution in [-0.2, 0) is 23.7 Å². The van der Waals surface area contributed by atoms with Gasteiger partial charge in [-0.2, -0.15) is 0 Å². The van der Waals surface area contributed by atoms with Crippen LogP contribution in [0.4, 0.5) is 0 Å². The Hall–Kier alpha value is -0.240. The first-order valence-corrected chi connectivity index (χ1v) is 6.28. The van der Waals surface area contributed by atoms with Crippen molar-refractivity contribution in [3.05, 3.63) is 0 Å². The Balaban J connectivity index is 1.68. The molecular formula is C12H20O6. The van der Waals surface area contributed by atoms with Crippen molar-refractivity contribution in [2.75, 3.05) is 6.61 Å². The van der Waals surface area contributed by atoms with E-state index in [1.807, 2.05) is 13.8 Å². The molecule has 3 aliphatic heterocycles. The number of ether oxygens (including phenoxy) is 5.